The topological polar surface area (TPSA) is 84.3 Å². The van der Waals surface area contributed by atoms with Crippen molar-refractivity contribution in [3.05, 3.63) is 27.1 Å². The summed E-state index contributed by atoms with van der Waals surface area (Å²) in [6, 6.07) is 0.0490. The average Bonchev–Trinajstić information content (AvgIpc) is 2.87. The van der Waals surface area contributed by atoms with Gasteiger partial charge in [-0.05, 0) is 44.1 Å². The van der Waals surface area contributed by atoms with Crippen LogP contribution in [0, 0.1) is 0 Å². The van der Waals surface area contributed by atoms with Crippen molar-refractivity contribution in [3.63, 3.8) is 0 Å². The first kappa shape index (κ1) is 19.1. The summed E-state index contributed by atoms with van der Waals surface area (Å²) in [5.74, 6) is -0.101. The summed E-state index contributed by atoms with van der Waals surface area (Å²) in [6.45, 7) is 2.88. The summed E-state index contributed by atoms with van der Waals surface area (Å²) in [5.41, 5.74) is 1.05. The number of piperidine rings is 1. The molecule has 0 radical (unpaired) electrons. The molecule has 1 aliphatic carbocycles. The molecule has 2 aromatic rings. The maximum atomic E-state index is 13.0. The molecule has 2 aliphatic rings. The second-order valence-electron chi connectivity index (χ2n) is 7.77. The zero-order chi connectivity index (χ0) is 19.7. The van der Waals surface area contributed by atoms with E-state index >= 15 is 0 Å². The Hall–Kier alpha value is -2.22. The van der Waals surface area contributed by atoms with Crippen LogP contribution in [-0.4, -0.2) is 45.4 Å². The molecule has 0 aromatic carbocycles. The van der Waals surface area contributed by atoms with E-state index in [4.69, 9.17) is 0 Å². The molecule has 0 atom stereocenters. The van der Waals surface area contributed by atoms with E-state index in [-0.39, 0.29) is 30.0 Å². The quantitative estimate of drug-likeness (QED) is 0.794. The van der Waals surface area contributed by atoms with Crippen LogP contribution in [0.5, 0.6) is 0 Å². The molecule has 1 saturated heterocycles. The molecular formula is C20H26N4O3S. The van der Waals surface area contributed by atoms with Gasteiger partial charge in [0.15, 0.2) is 0 Å². The number of aromatic nitrogens is 2. The fraction of sp³-hybridized carbons (Fsp3) is 0.600. The minimum absolute atomic E-state index is 0.0146. The van der Waals surface area contributed by atoms with Gasteiger partial charge in [0.2, 0.25) is 11.8 Å². The summed E-state index contributed by atoms with van der Waals surface area (Å²) >= 11 is 1.63. The Labute approximate surface area is 167 Å². The molecule has 0 bridgehead atoms. The first-order valence-electron chi connectivity index (χ1n) is 10.1. The average molecular weight is 403 g/mol. The number of nitrogens with one attached hydrogen (secondary N) is 1. The Kier molecular flexibility index (Phi) is 5.48. The second kappa shape index (κ2) is 8.03. The van der Waals surface area contributed by atoms with Gasteiger partial charge in [0.05, 0.1) is 11.7 Å². The molecule has 8 heteroatoms. The minimum atomic E-state index is -0.175. The van der Waals surface area contributed by atoms with Crippen LogP contribution in [0.1, 0.15) is 49.5 Å². The molecule has 1 fully saturated rings. The number of hydrogen-bond donors (Lipinski definition) is 1. The third-order valence-corrected chi connectivity index (χ3v) is 7.01. The molecule has 0 unspecified atom stereocenters. The molecule has 0 saturated carbocycles. The van der Waals surface area contributed by atoms with Gasteiger partial charge in [-0.25, -0.2) is 4.98 Å². The number of aryl methyl sites for hydroxylation is 2. The minimum Gasteiger partial charge on any atom is -0.352 e. The number of likely N-dealkylation sites (tertiary alicyclic amines) is 1. The number of amides is 2. The van der Waals surface area contributed by atoms with Crippen LogP contribution in [-0.2, 0) is 29.0 Å². The lowest BCUT2D eigenvalue weighted by atomic mass is 10.1. The molecule has 3 heterocycles. The molecule has 1 N–H and O–H groups in total. The molecule has 150 valence electrons. The fourth-order valence-corrected chi connectivity index (χ4v) is 5.46. The standard InChI is InChI=1S/C20H26N4O3S/c1-13(25)23-9-7-14(8-10-23)22-17(26)11-24-12-21-19-18(20(24)27)15-5-3-2-4-6-16(15)28-19/h12,14H,2-11H2,1H3,(H,22,26). The highest BCUT2D eigenvalue weighted by atomic mass is 32.1. The molecule has 4 rings (SSSR count). The Morgan fingerprint density at radius 1 is 1.21 bits per heavy atom. The van der Waals surface area contributed by atoms with Gasteiger partial charge in [-0.3, -0.25) is 19.0 Å². The second-order valence-corrected chi connectivity index (χ2v) is 8.85. The number of carbonyl (C=O) groups is 2. The molecular weight excluding hydrogens is 376 g/mol. The van der Waals surface area contributed by atoms with Crippen LogP contribution >= 0.6 is 11.3 Å². The van der Waals surface area contributed by atoms with E-state index in [0.717, 1.165) is 42.5 Å². The number of thiophene rings is 1. The van der Waals surface area contributed by atoms with E-state index in [1.165, 1.54) is 28.6 Å². The highest BCUT2D eigenvalue weighted by Crippen LogP contribution is 2.32. The Bertz CT molecular complexity index is 956. The normalized spacial score (nSPS) is 18.0. The highest BCUT2D eigenvalue weighted by Gasteiger charge is 2.23. The van der Waals surface area contributed by atoms with E-state index < -0.39 is 0 Å². The summed E-state index contributed by atoms with van der Waals surface area (Å²) in [4.78, 5) is 45.3. The predicted octanol–water partition coefficient (Wildman–Crippen LogP) is 1.85. The SMILES string of the molecule is CC(=O)N1CCC(NC(=O)Cn2cnc3sc4c(c3c2=O)CCCCC4)CC1. The van der Waals surface area contributed by atoms with Crippen molar-refractivity contribution in [1.29, 1.82) is 0 Å². The molecule has 2 amide bonds. The largest absolute Gasteiger partial charge is 0.352 e. The zero-order valence-electron chi connectivity index (χ0n) is 16.2. The van der Waals surface area contributed by atoms with Crippen molar-refractivity contribution < 1.29 is 9.59 Å². The molecule has 0 spiro atoms. The van der Waals surface area contributed by atoms with Gasteiger partial charge in [-0.15, -0.1) is 11.3 Å². The first-order chi connectivity index (χ1) is 13.5. The lowest BCUT2D eigenvalue weighted by Crippen LogP contribution is -2.47. The monoisotopic (exact) mass is 402 g/mol. The third-order valence-electron chi connectivity index (χ3n) is 5.81. The van der Waals surface area contributed by atoms with Crippen LogP contribution < -0.4 is 10.9 Å². The van der Waals surface area contributed by atoms with Crippen LogP contribution in [0.25, 0.3) is 10.2 Å². The summed E-state index contributed by atoms with van der Waals surface area (Å²) in [6.07, 6.45) is 8.41. The van der Waals surface area contributed by atoms with Crippen LogP contribution in [0.4, 0.5) is 0 Å². The molecule has 1 aliphatic heterocycles. The Balaban J connectivity index is 1.47. The number of nitrogens with zero attached hydrogens (tertiary/aromatic N) is 3. The van der Waals surface area contributed by atoms with E-state index in [0.29, 0.717) is 18.5 Å². The third kappa shape index (κ3) is 3.83. The van der Waals surface area contributed by atoms with E-state index in [1.807, 2.05) is 0 Å². The van der Waals surface area contributed by atoms with Crippen molar-refractivity contribution in [2.24, 2.45) is 0 Å². The Morgan fingerprint density at radius 3 is 2.71 bits per heavy atom. The van der Waals surface area contributed by atoms with Crippen LogP contribution in [0.3, 0.4) is 0 Å². The molecule has 28 heavy (non-hydrogen) atoms. The first-order valence-corrected chi connectivity index (χ1v) is 10.9. The van der Waals surface area contributed by atoms with E-state index in [9.17, 15) is 14.4 Å². The maximum absolute atomic E-state index is 13.0. The van der Waals surface area contributed by atoms with Gasteiger partial charge in [-0.2, -0.15) is 0 Å². The van der Waals surface area contributed by atoms with Crippen molar-refractivity contribution in [2.75, 3.05) is 13.1 Å². The van der Waals surface area contributed by atoms with Crippen molar-refractivity contribution in [1.82, 2.24) is 19.8 Å². The highest BCUT2D eigenvalue weighted by molar-refractivity contribution is 7.18. The fourth-order valence-electron chi connectivity index (χ4n) is 4.24. The maximum Gasteiger partial charge on any atom is 0.262 e. The number of carbonyl (C=O) groups excluding carboxylic acids is 2. The van der Waals surface area contributed by atoms with Gasteiger partial charge >= 0.3 is 0 Å². The van der Waals surface area contributed by atoms with E-state index in [2.05, 4.69) is 10.3 Å². The predicted molar refractivity (Wildman–Crippen MR) is 109 cm³/mol. The van der Waals surface area contributed by atoms with Gasteiger partial charge < -0.3 is 10.2 Å². The molecule has 2 aromatic heterocycles. The van der Waals surface area contributed by atoms with Gasteiger partial charge in [0.25, 0.3) is 5.56 Å². The van der Waals surface area contributed by atoms with Gasteiger partial charge in [0.1, 0.15) is 11.4 Å². The lowest BCUT2D eigenvalue weighted by Gasteiger charge is -2.31. The van der Waals surface area contributed by atoms with Gasteiger partial charge in [0, 0.05) is 30.9 Å². The Morgan fingerprint density at radius 2 is 1.96 bits per heavy atom. The lowest BCUT2D eigenvalue weighted by molar-refractivity contribution is -0.130. The number of rotatable bonds is 3. The van der Waals surface area contributed by atoms with Crippen molar-refractivity contribution in [3.8, 4) is 0 Å². The van der Waals surface area contributed by atoms with Crippen LogP contribution in [0.15, 0.2) is 11.1 Å². The van der Waals surface area contributed by atoms with Crippen LogP contribution in [0.2, 0.25) is 0 Å². The number of fused-ring (bicyclic) bond motifs is 3. The van der Waals surface area contributed by atoms with Gasteiger partial charge in [-0.1, -0.05) is 6.42 Å². The summed E-state index contributed by atoms with van der Waals surface area (Å²) in [7, 11) is 0. The van der Waals surface area contributed by atoms with Crippen molar-refractivity contribution >= 4 is 33.4 Å². The molecule has 7 nitrogen and oxygen atoms in total. The van der Waals surface area contributed by atoms with E-state index in [1.54, 1.807) is 23.2 Å². The van der Waals surface area contributed by atoms with Crippen molar-refractivity contribution in [2.45, 2.75) is 64.5 Å². The summed E-state index contributed by atoms with van der Waals surface area (Å²) < 4.78 is 1.43. The number of hydrogen-bond acceptors (Lipinski definition) is 5. The zero-order valence-corrected chi connectivity index (χ0v) is 17.0. The summed E-state index contributed by atoms with van der Waals surface area (Å²) in [5, 5.41) is 3.72. The smallest absolute Gasteiger partial charge is 0.262 e.